The Morgan fingerprint density at radius 3 is 2.10 bits per heavy atom. The van der Waals surface area contributed by atoms with Crippen LogP contribution in [-0.2, 0) is 20.8 Å². The third-order valence-corrected chi connectivity index (χ3v) is 18.1. The number of rotatable bonds is 5. The zero-order chi connectivity index (χ0) is 26.2. The summed E-state index contributed by atoms with van der Waals surface area (Å²) in [6.45, 7) is 11.0. The van der Waals surface area contributed by atoms with Crippen molar-refractivity contribution >= 4 is 25.1 Å². The minimum absolute atomic E-state index is 0. The van der Waals surface area contributed by atoms with Crippen molar-refractivity contribution in [2.24, 2.45) is 47.3 Å². The molecule has 5 aliphatic carbocycles. The van der Waals surface area contributed by atoms with Gasteiger partial charge in [-0.15, -0.1) is 0 Å². The van der Waals surface area contributed by atoms with Crippen molar-refractivity contribution in [1.29, 1.82) is 0 Å². The van der Waals surface area contributed by atoms with Gasteiger partial charge in [0.1, 0.15) is 0 Å². The molecule has 0 bridgehead atoms. The van der Waals surface area contributed by atoms with Crippen molar-refractivity contribution in [2.75, 3.05) is 0 Å². The second kappa shape index (κ2) is 15.1. The molecule has 5 saturated carbocycles. The second-order valence-corrected chi connectivity index (χ2v) is 23.5. The molecule has 5 aliphatic rings. The molecule has 0 aromatic heterocycles. The molecule has 0 N–H and O–H groups in total. The van der Waals surface area contributed by atoms with Gasteiger partial charge in [0.05, 0.1) is 8.07 Å². The zero-order valence-corrected chi connectivity index (χ0v) is 30.9. The van der Waals surface area contributed by atoms with Crippen molar-refractivity contribution in [1.82, 2.24) is 0 Å². The summed E-state index contributed by atoms with van der Waals surface area (Å²) in [5.41, 5.74) is 3.86. The molecule has 4 heteroatoms. The first-order valence-corrected chi connectivity index (χ1v) is 25.4. The van der Waals surface area contributed by atoms with E-state index in [1.54, 1.807) is 56.9 Å². The molecular weight excluding hydrogens is 611 g/mol. The van der Waals surface area contributed by atoms with Gasteiger partial charge in [0.15, 0.2) is 0 Å². The van der Waals surface area contributed by atoms with Crippen LogP contribution in [0.4, 0.5) is 0 Å². The first-order valence-electron chi connectivity index (χ1n) is 15.9. The summed E-state index contributed by atoms with van der Waals surface area (Å²) in [5, 5.41) is 0. The predicted molar refractivity (Wildman–Crippen MR) is 173 cm³/mol. The van der Waals surface area contributed by atoms with Crippen molar-refractivity contribution in [3.05, 3.63) is 50.7 Å². The van der Waals surface area contributed by atoms with Crippen LogP contribution >= 0.6 is 17.0 Å². The van der Waals surface area contributed by atoms with Crippen molar-refractivity contribution < 1.29 is 20.8 Å². The van der Waals surface area contributed by atoms with E-state index in [1.165, 1.54) is 25.7 Å². The number of fused-ring (bicyclic) bond motifs is 3. The molecule has 1 aromatic carbocycles. The minimum atomic E-state index is -1.27. The molecular formula is C35H58Cl2SiZr. The Bertz CT molecular complexity index is 861. The van der Waals surface area contributed by atoms with Crippen molar-refractivity contribution in [3.63, 3.8) is 0 Å². The van der Waals surface area contributed by atoms with Gasteiger partial charge in [-0.3, -0.25) is 0 Å². The van der Waals surface area contributed by atoms with Crippen LogP contribution in [0.1, 0.15) is 102 Å². The Hall–Kier alpha value is 0.900. The molecule has 1 aromatic rings. The van der Waals surface area contributed by atoms with E-state index in [4.69, 9.17) is 17.0 Å². The van der Waals surface area contributed by atoms with Gasteiger partial charge in [-0.2, -0.15) is 0 Å². The predicted octanol–water partition coefficient (Wildman–Crippen LogP) is 12.2. The Kier molecular flexibility index (Phi) is 13.3. The molecule has 39 heavy (non-hydrogen) atoms. The van der Waals surface area contributed by atoms with Gasteiger partial charge >= 0.3 is 37.9 Å². The van der Waals surface area contributed by atoms with Gasteiger partial charge in [-0.1, -0.05) is 95.8 Å². The summed E-state index contributed by atoms with van der Waals surface area (Å²) in [5.74, 6) is 9.25. The molecule has 11 unspecified atom stereocenters. The topological polar surface area (TPSA) is 0 Å². The van der Waals surface area contributed by atoms with E-state index in [9.17, 15) is 0 Å². The number of hydrogen-bond donors (Lipinski definition) is 0. The van der Waals surface area contributed by atoms with Gasteiger partial charge in [0.2, 0.25) is 0 Å². The molecule has 5 fully saturated rings. The maximum atomic E-state index is 4.93. The van der Waals surface area contributed by atoms with Crippen molar-refractivity contribution in [3.8, 4) is 0 Å². The third-order valence-electron chi connectivity index (χ3n) is 12.9. The van der Waals surface area contributed by atoms with Crippen LogP contribution in [-0.4, -0.2) is 8.07 Å². The zero-order valence-electron chi connectivity index (χ0n) is 26.0. The van der Waals surface area contributed by atoms with Crippen molar-refractivity contribution in [2.45, 2.75) is 121 Å². The normalized spacial score (nSPS) is 39.4. The quantitative estimate of drug-likeness (QED) is 0.216. The van der Waals surface area contributed by atoms with Crippen LogP contribution in [0, 0.1) is 62.2 Å². The molecule has 0 radical (unpaired) electrons. The summed E-state index contributed by atoms with van der Waals surface area (Å²) in [7, 11) is 8.59. The molecule has 0 saturated heterocycles. The maximum absolute atomic E-state index is 4.93. The summed E-state index contributed by atoms with van der Waals surface area (Å²) < 4.78 is 0. The molecule has 0 spiro atoms. The van der Waals surface area contributed by atoms with Gasteiger partial charge in [-0.05, 0) is 108 Å². The third kappa shape index (κ3) is 7.01. The van der Waals surface area contributed by atoms with Gasteiger partial charge in [-0.25, -0.2) is 0 Å². The standard InChI is InChI=1S/C33H52Si.2CH3.2ClH.Zr/c1-22(24-11-6-5-7-12-24)19-30-27-16-10-13-25(27)21-31-28(30)17-18-32(31)34(3,4)33-20-23(2)26-14-8-9-15-29(26)33;;;;;/h5-7,11-12,22-23,25-33H,8-10,13-21H2,1-4H3;2*1H3;2*1H;/q;2*-1;;;+4/p-2. The van der Waals surface area contributed by atoms with Crippen LogP contribution in [0.15, 0.2) is 30.3 Å². The number of halogens is 2. The van der Waals surface area contributed by atoms with E-state index >= 15 is 0 Å². The fraction of sp³-hybridized carbons (Fsp3) is 0.771. The van der Waals surface area contributed by atoms with E-state index in [0.29, 0.717) is 0 Å². The Morgan fingerprint density at radius 2 is 1.41 bits per heavy atom. The van der Waals surface area contributed by atoms with Crippen LogP contribution in [0.3, 0.4) is 0 Å². The van der Waals surface area contributed by atoms with E-state index in [1.807, 2.05) is 0 Å². The molecule has 0 aliphatic heterocycles. The number of hydrogen-bond acceptors (Lipinski definition) is 0. The fourth-order valence-electron chi connectivity index (χ4n) is 11.4. The molecule has 220 valence electrons. The summed E-state index contributed by atoms with van der Waals surface area (Å²) in [4.78, 5) is 0. The van der Waals surface area contributed by atoms with Crippen LogP contribution < -0.4 is 0 Å². The Labute approximate surface area is 263 Å². The average Bonchev–Trinajstić information content (AvgIpc) is 3.63. The Morgan fingerprint density at radius 1 is 0.769 bits per heavy atom. The Balaban J connectivity index is 0.000000805. The molecule has 0 amide bonds. The van der Waals surface area contributed by atoms with Gasteiger partial charge in [0, 0.05) is 0 Å². The summed E-state index contributed by atoms with van der Waals surface area (Å²) in [6.07, 6.45) is 18.7. The molecule has 0 heterocycles. The van der Waals surface area contributed by atoms with Crippen LogP contribution in [0.5, 0.6) is 0 Å². The van der Waals surface area contributed by atoms with Crippen LogP contribution in [0.2, 0.25) is 24.2 Å². The SMILES string of the molecule is CC(CC1C2CCCC2CC2C1CCC2[Si](C)(C)C1CC(C)C2CCCCC21)c1ccccc1.[CH3-].[CH3-].[Cl][Zr+2][Cl]. The summed E-state index contributed by atoms with van der Waals surface area (Å²) in [6, 6.07) is 11.5. The summed E-state index contributed by atoms with van der Waals surface area (Å²) >= 11 is -0.826. The number of benzene rings is 1. The first kappa shape index (κ1) is 34.4. The fourth-order valence-corrected chi connectivity index (χ4v) is 16.9. The van der Waals surface area contributed by atoms with E-state index in [2.05, 4.69) is 57.3 Å². The molecule has 6 rings (SSSR count). The second-order valence-electron chi connectivity index (χ2n) is 14.6. The monoisotopic (exact) mass is 666 g/mol. The van der Waals surface area contributed by atoms with Gasteiger partial charge in [0.25, 0.3) is 0 Å². The van der Waals surface area contributed by atoms with Crippen LogP contribution in [0.25, 0.3) is 0 Å². The van der Waals surface area contributed by atoms with E-state index in [-0.39, 0.29) is 14.9 Å². The average molecular weight is 669 g/mol. The van der Waals surface area contributed by atoms with E-state index < -0.39 is 28.9 Å². The first-order chi connectivity index (χ1) is 17.9. The van der Waals surface area contributed by atoms with Gasteiger partial charge < -0.3 is 14.9 Å². The molecule has 11 atom stereocenters. The van der Waals surface area contributed by atoms with E-state index in [0.717, 1.165) is 64.3 Å². The molecule has 0 nitrogen and oxygen atoms in total.